The molecule has 0 radical (unpaired) electrons. The van der Waals surface area contributed by atoms with Gasteiger partial charge in [-0.25, -0.2) is 0 Å². The van der Waals surface area contributed by atoms with Crippen molar-refractivity contribution in [1.29, 1.82) is 0 Å². The van der Waals surface area contributed by atoms with Crippen molar-refractivity contribution < 1.29 is 14.0 Å². The molecule has 0 saturated carbocycles. The number of likely N-dealkylation sites (tertiary alicyclic amines) is 1. The van der Waals surface area contributed by atoms with Crippen LogP contribution in [0.15, 0.2) is 47.0 Å². The summed E-state index contributed by atoms with van der Waals surface area (Å²) in [6, 6.07) is 14.7. The van der Waals surface area contributed by atoms with Crippen molar-refractivity contribution in [1.82, 2.24) is 10.1 Å². The number of fused-ring (bicyclic) bond motifs is 1. The monoisotopic (exact) mass is 408 g/mol. The molecule has 0 aliphatic carbocycles. The van der Waals surface area contributed by atoms with Crippen molar-refractivity contribution in [2.24, 2.45) is 5.92 Å². The molecule has 30 heavy (non-hydrogen) atoms. The number of aryl methyl sites for hydroxylation is 1. The van der Waals surface area contributed by atoms with E-state index in [4.69, 9.17) is 14.0 Å². The number of hydrogen-bond donors (Lipinski definition) is 0. The van der Waals surface area contributed by atoms with Gasteiger partial charge in [0, 0.05) is 11.9 Å². The average molecular weight is 409 g/mol. The molecule has 3 aromatic rings. The zero-order valence-electron chi connectivity index (χ0n) is 18.3. The van der Waals surface area contributed by atoms with Crippen LogP contribution in [-0.4, -0.2) is 36.4 Å². The normalized spacial score (nSPS) is 15.7. The van der Waals surface area contributed by atoms with Crippen molar-refractivity contribution in [3.05, 3.63) is 53.7 Å². The Bertz CT molecular complexity index is 944. The standard InChI is InChI=1S/C25H32N2O3/c1-18(2)29-25-23(28-3)12-10-21-22(26-30-24(21)25)11-9-19-13-15-27(16-14-19)17-20-7-5-4-6-8-20/h4-8,10,12,18-19H,9,11,13-17H2,1-3H3. The zero-order valence-corrected chi connectivity index (χ0v) is 18.3. The van der Waals surface area contributed by atoms with Crippen LogP contribution in [0.25, 0.3) is 11.0 Å². The Labute approximate surface area is 178 Å². The Morgan fingerprint density at radius 3 is 2.57 bits per heavy atom. The molecule has 2 heterocycles. The van der Waals surface area contributed by atoms with Gasteiger partial charge in [0.05, 0.1) is 18.9 Å². The lowest BCUT2D eigenvalue weighted by Gasteiger charge is -2.31. The second kappa shape index (κ2) is 9.52. The summed E-state index contributed by atoms with van der Waals surface area (Å²) >= 11 is 0. The fourth-order valence-corrected chi connectivity index (χ4v) is 4.32. The van der Waals surface area contributed by atoms with Crippen LogP contribution in [-0.2, 0) is 13.0 Å². The van der Waals surface area contributed by atoms with Gasteiger partial charge in [-0.05, 0) is 76.2 Å². The van der Waals surface area contributed by atoms with E-state index in [0.29, 0.717) is 17.1 Å². The Hall–Kier alpha value is -2.53. The van der Waals surface area contributed by atoms with Crippen molar-refractivity contribution in [3.8, 4) is 11.5 Å². The highest BCUT2D eigenvalue weighted by Gasteiger charge is 2.22. The third-order valence-electron chi connectivity index (χ3n) is 5.95. The number of rotatable bonds is 8. The first-order valence-electron chi connectivity index (χ1n) is 11.0. The number of piperidine rings is 1. The highest BCUT2D eigenvalue weighted by Crippen LogP contribution is 2.38. The number of hydrogen-bond acceptors (Lipinski definition) is 5. The topological polar surface area (TPSA) is 47.7 Å². The van der Waals surface area contributed by atoms with Gasteiger partial charge in [0.15, 0.2) is 5.75 Å². The van der Waals surface area contributed by atoms with Crippen LogP contribution in [0.4, 0.5) is 0 Å². The predicted octanol–water partition coefficient (Wildman–Crippen LogP) is 5.47. The Morgan fingerprint density at radius 1 is 1.10 bits per heavy atom. The minimum Gasteiger partial charge on any atom is -0.493 e. The molecule has 1 saturated heterocycles. The number of ether oxygens (including phenoxy) is 2. The van der Waals surface area contributed by atoms with Gasteiger partial charge in [-0.3, -0.25) is 4.90 Å². The minimum absolute atomic E-state index is 0.0409. The zero-order chi connectivity index (χ0) is 20.9. The van der Waals surface area contributed by atoms with Crippen LogP contribution in [0.3, 0.4) is 0 Å². The molecule has 0 spiro atoms. The molecule has 0 amide bonds. The largest absolute Gasteiger partial charge is 0.493 e. The summed E-state index contributed by atoms with van der Waals surface area (Å²) in [7, 11) is 1.65. The molecule has 1 aliphatic rings. The lowest BCUT2D eigenvalue weighted by atomic mass is 9.91. The molecule has 4 rings (SSSR count). The Morgan fingerprint density at radius 2 is 1.87 bits per heavy atom. The summed E-state index contributed by atoms with van der Waals surface area (Å²) in [5.41, 5.74) is 3.11. The van der Waals surface area contributed by atoms with E-state index in [-0.39, 0.29) is 6.10 Å². The lowest BCUT2D eigenvalue weighted by molar-refractivity contribution is 0.172. The summed E-state index contributed by atoms with van der Waals surface area (Å²) in [6.07, 6.45) is 4.62. The maximum absolute atomic E-state index is 5.95. The van der Waals surface area contributed by atoms with Crippen LogP contribution < -0.4 is 9.47 Å². The molecule has 2 aromatic carbocycles. The van der Waals surface area contributed by atoms with Crippen LogP contribution in [0.1, 0.15) is 44.4 Å². The highest BCUT2D eigenvalue weighted by atomic mass is 16.5. The van der Waals surface area contributed by atoms with Gasteiger partial charge in [0.2, 0.25) is 11.3 Å². The molecule has 0 N–H and O–H groups in total. The van der Waals surface area contributed by atoms with Crippen LogP contribution in [0.2, 0.25) is 0 Å². The molecule has 160 valence electrons. The van der Waals surface area contributed by atoms with Crippen molar-refractivity contribution in [3.63, 3.8) is 0 Å². The van der Waals surface area contributed by atoms with Crippen LogP contribution >= 0.6 is 0 Å². The van der Waals surface area contributed by atoms with Gasteiger partial charge in [0.25, 0.3) is 0 Å². The van der Waals surface area contributed by atoms with Gasteiger partial charge in [-0.1, -0.05) is 35.5 Å². The van der Waals surface area contributed by atoms with Gasteiger partial charge >= 0.3 is 0 Å². The van der Waals surface area contributed by atoms with Gasteiger partial charge in [0.1, 0.15) is 0 Å². The molecular weight excluding hydrogens is 376 g/mol. The summed E-state index contributed by atoms with van der Waals surface area (Å²) in [5.74, 6) is 2.08. The van der Waals surface area contributed by atoms with Crippen molar-refractivity contribution in [2.45, 2.75) is 52.2 Å². The minimum atomic E-state index is 0.0409. The molecule has 1 aliphatic heterocycles. The van der Waals surface area contributed by atoms with E-state index in [9.17, 15) is 0 Å². The smallest absolute Gasteiger partial charge is 0.212 e. The molecule has 0 atom stereocenters. The van der Waals surface area contributed by atoms with E-state index in [1.165, 1.54) is 31.5 Å². The van der Waals surface area contributed by atoms with E-state index in [1.54, 1.807) is 7.11 Å². The van der Waals surface area contributed by atoms with E-state index >= 15 is 0 Å². The lowest BCUT2D eigenvalue weighted by Crippen LogP contribution is -2.33. The SMILES string of the molecule is COc1ccc2c(CCC3CCN(Cc4ccccc4)CC3)noc2c1OC(C)C. The Kier molecular flexibility index (Phi) is 6.58. The van der Waals surface area contributed by atoms with Gasteiger partial charge in [-0.2, -0.15) is 0 Å². The molecule has 5 nitrogen and oxygen atoms in total. The molecular formula is C25H32N2O3. The summed E-state index contributed by atoms with van der Waals surface area (Å²) < 4.78 is 17.1. The third-order valence-corrected chi connectivity index (χ3v) is 5.95. The van der Waals surface area contributed by atoms with Crippen LogP contribution in [0, 0.1) is 5.92 Å². The molecule has 0 unspecified atom stereocenters. The fraction of sp³-hybridized carbons (Fsp3) is 0.480. The van der Waals surface area contributed by atoms with E-state index in [1.807, 2.05) is 26.0 Å². The fourth-order valence-electron chi connectivity index (χ4n) is 4.32. The first-order valence-corrected chi connectivity index (χ1v) is 11.0. The maximum atomic E-state index is 5.95. The average Bonchev–Trinajstić information content (AvgIpc) is 3.17. The molecule has 1 fully saturated rings. The van der Waals surface area contributed by atoms with Crippen molar-refractivity contribution >= 4 is 11.0 Å². The summed E-state index contributed by atoms with van der Waals surface area (Å²) in [6.45, 7) is 7.40. The van der Waals surface area contributed by atoms with E-state index in [0.717, 1.165) is 36.4 Å². The quantitative estimate of drug-likeness (QED) is 0.495. The van der Waals surface area contributed by atoms with Crippen molar-refractivity contribution in [2.75, 3.05) is 20.2 Å². The van der Waals surface area contributed by atoms with Gasteiger partial charge < -0.3 is 14.0 Å². The summed E-state index contributed by atoms with van der Waals surface area (Å²) in [4.78, 5) is 2.57. The van der Waals surface area contributed by atoms with Gasteiger partial charge in [-0.15, -0.1) is 0 Å². The van der Waals surface area contributed by atoms with Crippen LogP contribution in [0.5, 0.6) is 11.5 Å². The number of aromatic nitrogens is 1. The predicted molar refractivity (Wildman–Crippen MR) is 119 cm³/mol. The third kappa shape index (κ3) is 4.78. The number of methoxy groups -OCH3 is 1. The molecule has 0 bridgehead atoms. The van der Waals surface area contributed by atoms with E-state index in [2.05, 4.69) is 40.4 Å². The Balaban J connectivity index is 1.35. The first kappa shape index (κ1) is 20.7. The number of benzene rings is 2. The maximum Gasteiger partial charge on any atom is 0.212 e. The second-order valence-electron chi connectivity index (χ2n) is 8.51. The van der Waals surface area contributed by atoms with E-state index < -0.39 is 0 Å². The number of nitrogens with zero attached hydrogens (tertiary/aromatic N) is 2. The second-order valence-corrected chi connectivity index (χ2v) is 8.51. The highest BCUT2D eigenvalue weighted by molar-refractivity contribution is 5.87. The summed E-state index contributed by atoms with van der Waals surface area (Å²) in [5, 5.41) is 5.41. The molecule has 1 aromatic heterocycles. The molecule has 5 heteroatoms. The first-order chi connectivity index (χ1) is 14.6.